The molecule has 1 aliphatic rings. The van der Waals surface area contributed by atoms with Crippen LogP contribution in [0.4, 0.5) is 0 Å². The minimum atomic E-state index is 0.505. The Hall–Kier alpha value is -1.76. The molecular formula is C18H20O. The SMILES string of the molecule is CC(C)c1ccccc1OCC1Cc2ccccc21. The van der Waals surface area contributed by atoms with E-state index in [0.717, 1.165) is 18.8 Å². The third kappa shape index (κ3) is 2.37. The van der Waals surface area contributed by atoms with E-state index >= 15 is 0 Å². The van der Waals surface area contributed by atoms with Gasteiger partial charge in [-0.15, -0.1) is 0 Å². The van der Waals surface area contributed by atoms with Gasteiger partial charge in [-0.3, -0.25) is 0 Å². The first-order valence-corrected chi connectivity index (χ1v) is 7.05. The Bertz CT molecular complexity index is 571. The molecule has 0 spiro atoms. The number of rotatable bonds is 4. The predicted octanol–water partition coefficient (Wildman–Crippen LogP) is 4.53. The van der Waals surface area contributed by atoms with Crippen molar-refractivity contribution < 1.29 is 4.74 Å². The van der Waals surface area contributed by atoms with Gasteiger partial charge in [-0.25, -0.2) is 0 Å². The summed E-state index contributed by atoms with van der Waals surface area (Å²) in [5.41, 5.74) is 4.24. The van der Waals surface area contributed by atoms with Gasteiger partial charge in [0.25, 0.3) is 0 Å². The lowest BCUT2D eigenvalue weighted by Crippen LogP contribution is -2.23. The van der Waals surface area contributed by atoms with Crippen LogP contribution in [-0.4, -0.2) is 6.61 Å². The minimum absolute atomic E-state index is 0.505. The summed E-state index contributed by atoms with van der Waals surface area (Å²) in [4.78, 5) is 0. The fourth-order valence-corrected chi connectivity index (χ4v) is 2.79. The lowest BCUT2D eigenvalue weighted by molar-refractivity contribution is 0.272. The lowest BCUT2D eigenvalue weighted by Gasteiger charge is -2.30. The molecule has 1 aliphatic carbocycles. The van der Waals surface area contributed by atoms with Crippen molar-refractivity contribution in [1.29, 1.82) is 0 Å². The van der Waals surface area contributed by atoms with Crippen molar-refractivity contribution in [3.8, 4) is 5.75 Å². The summed E-state index contributed by atoms with van der Waals surface area (Å²) in [7, 11) is 0. The van der Waals surface area contributed by atoms with Gasteiger partial charge in [-0.1, -0.05) is 56.3 Å². The molecule has 1 nitrogen and oxygen atoms in total. The van der Waals surface area contributed by atoms with Crippen LogP contribution in [-0.2, 0) is 6.42 Å². The van der Waals surface area contributed by atoms with Gasteiger partial charge in [0.1, 0.15) is 5.75 Å². The van der Waals surface area contributed by atoms with Gasteiger partial charge in [-0.05, 0) is 35.1 Å². The smallest absolute Gasteiger partial charge is 0.122 e. The van der Waals surface area contributed by atoms with Crippen LogP contribution >= 0.6 is 0 Å². The van der Waals surface area contributed by atoms with Crippen LogP contribution < -0.4 is 4.74 Å². The van der Waals surface area contributed by atoms with Gasteiger partial charge in [0.15, 0.2) is 0 Å². The zero-order valence-corrected chi connectivity index (χ0v) is 11.6. The second-order valence-corrected chi connectivity index (χ2v) is 5.60. The van der Waals surface area contributed by atoms with Crippen molar-refractivity contribution in [3.63, 3.8) is 0 Å². The van der Waals surface area contributed by atoms with Crippen LogP contribution in [0.5, 0.6) is 5.75 Å². The van der Waals surface area contributed by atoms with E-state index in [9.17, 15) is 0 Å². The molecule has 3 rings (SSSR count). The second-order valence-electron chi connectivity index (χ2n) is 5.60. The summed E-state index contributed by atoms with van der Waals surface area (Å²) in [6.45, 7) is 5.21. The largest absolute Gasteiger partial charge is 0.493 e. The molecule has 0 amide bonds. The Kier molecular flexibility index (Phi) is 3.29. The molecule has 0 saturated carbocycles. The molecule has 0 N–H and O–H groups in total. The molecule has 0 saturated heterocycles. The first-order valence-electron chi connectivity index (χ1n) is 7.05. The summed E-state index contributed by atoms with van der Waals surface area (Å²) < 4.78 is 6.06. The summed E-state index contributed by atoms with van der Waals surface area (Å²) in [6, 6.07) is 17.1. The van der Waals surface area contributed by atoms with Gasteiger partial charge in [0.2, 0.25) is 0 Å². The zero-order chi connectivity index (χ0) is 13.2. The normalized spacial score (nSPS) is 16.9. The molecule has 2 aromatic rings. The number of hydrogen-bond acceptors (Lipinski definition) is 1. The van der Waals surface area contributed by atoms with Crippen LogP contribution in [0.2, 0.25) is 0 Å². The zero-order valence-electron chi connectivity index (χ0n) is 11.6. The van der Waals surface area contributed by atoms with Crippen LogP contribution in [0.1, 0.15) is 42.4 Å². The number of para-hydroxylation sites is 1. The van der Waals surface area contributed by atoms with Crippen molar-refractivity contribution in [2.24, 2.45) is 0 Å². The maximum atomic E-state index is 6.06. The Labute approximate surface area is 115 Å². The molecule has 2 aromatic carbocycles. The molecule has 0 aliphatic heterocycles. The summed E-state index contributed by atoms with van der Waals surface area (Å²) in [5.74, 6) is 2.11. The molecule has 0 radical (unpaired) electrons. The van der Waals surface area contributed by atoms with Gasteiger partial charge in [0.05, 0.1) is 6.61 Å². The fourth-order valence-electron chi connectivity index (χ4n) is 2.79. The molecule has 0 fully saturated rings. The average Bonchev–Trinajstić information content (AvgIpc) is 2.40. The fraction of sp³-hybridized carbons (Fsp3) is 0.333. The Morgan fingerprint density at radius 1 is 1.05 bits per heavy atom. The first kappa shape index (κ1) is 12.3. The Morgan fingerprint density at radius 2 is 1.79 bits per heavy atom. The number of fused-ring (bicyclic) bond motifs is 1. The lowest BCUT2D eigenvalue weighted by atomic mass is 9.78. The van der Waals surface area contributed by atoms with E-state index in [1.165, 1.54) is 16.7 Å². The van der Waals surface area contributed by atoms with Gasteiger partial charge < -0.3 is 4.74 Å². The minimum Gasteiger partial charge on any atom is -0.493 e. The standard InChI is InChI=1S/C18H20O/c1-13(2)16-8-5-6-10-18(16)19-12-15-11-14-7-3-4-9-17(14)15/h3-10,13,15H,11-12H2,1-2H3. The summed E-state index contributed by atoms with van der Waals surface area (Å²) in [5, 5.41) is 0. The molecule has 19 heavy (non-hydrogen) atoms. The Morgan fingerprint density at radius 3 is 2.58 bits per heavy atom. The highest BCUT2D eigenvalue weighted by Crippen LogP contribution is 2.36. The third-order valence-electron chi connectivity index (χ3n) is 3.94. The van der Waals surface area contributed by atoms with Crippen molar-refractivity contribution >= 4 is 0 Å². The van der Waals surface area contributed by atoms with E-state index in [4.69, 9.17) is 4.74 Å². The van der Waals surface area contributed by atoms with E-state index in [0.29, 0.717) is 11.8 Å². The van der Waals surface area contributed by atoms with Crippen LogP contribution in [0.25, 0.3) is 0 Å². The van der Waals surface area contributed by atoms with Crippen molar-refractivity contribution in [2.45, 2.75) is 32.1 Å². The van der Waals surface area contributed by atoms with E-state index in [-0.39, 0.29) is 0 Å². The van der Waals surface area contributed by atoms with Crippen LogP contribution in [0, 0.1) is 0 Å². The maximum absolute atomic E-state index is 6.06. The van der Waals surface area contributed by atoms with Gasteiger partial charge in [0, 0.05) is 5.92 Å². The van der Waals surface area contributed by atoms with Gasteiger partial charge >= 0.3 is 0 Å². The summed E-state index contributed by atoms with van der Waals surface area (Å²) in [6.07, 6.45) is 1.15. The average molecular weight is 252 g/mol. The predicted molar refractivity (Wildman–Crippen MR) is 78.9 cm³/mol. The quantitative estimate of drug-likeness (QED) is 0.777. The molecule has 0 aromatic heterocycles. The van der Waals surface area contributed by atoms with Gasteiger partial charge in [-0.2, -0.15) is 0 Å². The summed E-state index contributed by atoms with van der Waals surface area (Å²) >= 11 is 0. The van der Waals surface area contributed by atoms with Crippen LogP contribution in [0.3, 0.4) is 0 Å². The van der Waals surface area contributed by atoms with Crippen molar-refractivity contribution in [2.75, 3.05) is 6.61 Å². The molecular weight excluding hydrogens is 232 g/mol. The molecule has 0 bridgehead atoms. The number of benzene rings is 2. The van der Waals surface area contributed by atoms with E-state index < -0.39 is 0 Å². The Balaban J connectivity index is 1.69. The van der Waals surface area contributed by atoms with E-state index in [1.54, 1.807) is 0 Å². The van der Waals surface area contributed by atoms with E-state index in [2.05, 4.69) is 62.4 Å². The molecule has 1 unspecified atom stereocenters. The maximum Gasteiger partial charge on any atom is 0.122 e. The van der Waals surface area contributed by atoms with Crippen molar-refractivity contribution in [3.05, 3.63) is 65.2 Å². The number of hydrogen-bond donors (Lipinski definition) is 0. The molecule has 1 atom stereocenters. The highest BCUT2D eigenvalue weighted by Gasteiger charge is 2.26. The van der Waals surface area contributed by atoms with Crippen LogP contribution in [0.15, 0.2) is 48.5 Å². The highest BCUT2D eigenvalue weighted by atomic mass is 16.5. The van der Waals surface area contributed by atoms with Crippen molar-refractivity contribution in [1.82, 2.24) is 0 Å². The molecule has 98 valence electrons. The highest BCUT2D eigenvalue weighted by molar-refractivity contribution is 5.41. The first-order chi connectivity index (χ1) is 9.25. The molecule has 0 heterocycles. The van der Waals surface area contributed by atoms with E-state index in [1.807, 2.05) is 0 Å². The monoisotopic (exact) mass is 252 g/mol. The second kappa shape index (κ2) is 5.08. The third-order valence-corrected chi connectivity index (χ3v) is 3.94. The molecule has 1 heteroatoms. The topological polar surface area (TPSA) is 9.23 Å². The number of ether oxygens (including phenoxy) is 1.